The molecule has 1 aromatic heterocycles. The number of guanidine groups is 1. The van der Waals surface area contributed by atoms with Crippen LogP contribution in [0.25, 0.3) is 11.3 Å². The summed E-state index contributed by atoms with van der Waals surface area (Å²) in [7, 11) is 1.94. The molecule has 1 aromatic carbocycles. The number of piperidine rings is 1. The summed E-state index contributed by atoms with van der Waals surface area (Å²) in [4.78, 5) is 18.4. The molecule has 2 heterocycles. The van der Waals surface area contributed by atoms with Crippen molar-refractivity contribution in [3.05, 3.63) is 40.0 Å². The average Bonchev–Trinajstić information content (AvgIpc) is 3.11. The minimum Gasteiger partial charge on any atom is -0.370 e. The first-order valence-electron chi connectivity index (χ1n) is 10.4. The third kappa shape index (κ3) is 5.83. The van der Waals surface area contributed by atoms with Crippen LogP contribution in [0.15, 0.2) is 29.3 Å². The largest absolute Gasteiger partial charge is 0.370 e. The summed E-state index contributed by atoms with van der Waals surface area (Å²) in [6.45, 7) is 3.83. The lowest BCUT2D eigenvalue weighted by atomic mass is 9.93. The summed E-state index contributed by atoms with van der Waals surface area (Å²) in [5.74, 6) is 0.395. The van der Waals surface area contributed by atoms with E-state index in [0.29, 0.717) is 42.0 Å². The average molecular weight is 466 g/mol. The summed E-state index contributed by atoms with van der Waals surface area (Å²) in [6, 6.07) is 7.55. The van der Waals surface area contributed by atoms with Crippen molar-refractivity contribution in [3.8, 4) is 11.3 Å². The molecule has 10 heteroatoms. The Kier molecular flexibility index (Phi) is 7.67. The number of benzene rings is 1. The third-order valence-corrected chi connectivity index (χ3v) is 6.37. The van der Waals surface area contributed by atoms with E-state index in [-0.39, 0.29) is 18.0 Å². The van der Waals surface area contributed by atoms with Crippen LogP contribution in [-0.2, 0) is 7.05 Å². The molecule has 1 atom stereocenters. The zero-order valence-electron chi connectivity index (χ0n) is 17.8. The lowest BCUT2D eigenvalue weighted by Crippen LogP contribution is -2.44. The topological polar surface area (TPSA) is 115 Å². The molecule has 1 aliphatic rings. The van der Waals surface area contributed by atoms with Crippen molar-refractivity contribution in [2.24, 2.45) is 23.5 Å². The fraction of sp³-hybridized carbons (Fsp3) is 0.476. The van der Waals surface area contributed by atoms with E-state index in [9.17, 15) is 4.79 Å². The molecule has 0 unspecified atom stereocenters. The van der Waals surface area contributed by atoms with Crippen molar-refractivity contribution in [3.63, 3.8) is 0 Å². The highest BCUT2D eigenvalue weighted by molar-refractivity contribution is 6.43. The molecule has 0 saturated carbocycles. The molecular weight excluding hydrogens is 437 g/mol. The summed E-state index contributed by atoms with van der Waals surface area (Å²) in [5, 5.41) is 8.61. The molecule has 2 aromatic rings. The van der Waals surface area contributed by atoms with E-state index in [0.717, 1.165) is 29.8 Å². The second-order valence-electron chi connectivity index (χ2n) is 7.86. The molecule has 2 amide bonds. The Hall–Kier alpha value is -2.45. The predicted octanol–water partition coefficient (Wildman–Crippen LogP) is 3.33. The van der Waals surface area contributed by atoms with E-state index in [1.54, 1.807) is 6.07 Å². The smallest absolute Gasteiger partial charge is 0.317 e. The van der Waals surface area contributed by atoms with Gasteiger partial charge in [0.25, 0.3) is 0 Å². The van der Waals surface area contributed by atoms with Gasteiger partial charge >= 0.3 is 6.03 Å². The Morgan fingerprint density at radius 1 is 1.32 bits per heavy atom. The highest BCUT2D eigenvalue weighted by Gasteiger charge is 2.26. The lowest BCUT2D eigenvalue weighted by Gasteiger charge is -2.32. The molecule has 0 aliphatic carbocycles. The van der Waals surface area contributed by atoms with Gasteiger partial charge in [-0.1, -0.05) is 35.3 Å². The number of aryl methyl sites for hydroxylation is 1. The van der Waals surface area contributed by atoms with Gasteiger partial charge in [0.1, 0.15) is 0 Å². The van der Waals surface area contributed by atoms with E-state index in [2.05, 4.69) is 21.5 Å². The zero-order valence-corrected chi connectivity index (χ0v) is 19.3. The van der Waals surface area contributed by atoms with Crippen molar-refractivity contribution >= 4 is 35.2 Å². The molecule has 168 valence electrons. The van der Waals surface area contributed by atoms with E-state index in [4.69, 9.17) is 34.7 Å². The van der Waals surface area contributed by atoms with Crippen molar-refractivity contribution < 1.29 is 4.79 Å². The standard InChI is InChI=1S/C21H29Cl2N7O/c1-13(27-20(24)25)6-9-26-21(31)30-10-7-14(8-11-30)18-12-17(28-29(18)2)15-4-3-5-16(22)19(15)23/h3-5,12-14H,6-11H2,1-2H3,(H,26,31)(H4,24,25,27)/t13-/m1/s1. The summed E-state index contributed by atoms with van der Waals surface area (Å²) >= 11 is 12.5. The number of urea groups is 1. The van der Waals surface area contributed by atoms with Gasteiger partial charge in [-0.3, -0.25) is 9.67 Å². The molecule has 5 N–H and O–H groups in total. The minimum atomic E-state index is -0.0493. The molecular formula is C21H29Cl2N7O. The first-order chi connectivity index (χ1) is 14.8. The zero-order chi connectivity index (χ0) is 22.5. The molecule has 0 bridgehead atoms. The molecule has 1 aliphatic heterocycles. The SMILES string of the molecule is C[C@H](CCNC(=O)N1CCC(c2cc(-c3cccc(Cl)c3Cl)nn2C)CC1)N=C(N)N. The quantitative estimate of drug-likeness (QED) is 0.448. The van der Waals surface area contributed by atoms with Crippen LogP contribution in [-0.4, -0.2) is 52.3 Å². The van der Waals surface area contributed by atoms with Crippen molar-refractivity contribution in [1.29, 1.82) is 0 Å². The fourth-order valence-corrected chi connectivity index (χ4v) is 4.29. The van der Waals surface area contributed by atoms with Crippen LogP contribution < -0.4 is 16.8 Å². The Morgan fingerprint density at radius 3 is 2.71 bits per heavy atom. The number of carbonyl (C=O) groups is 1. The number of hydrogen-bond acceptors (Lipinski definition) is 3. The Morgan fingerprint density at radius 2 is 2.03 bits per heavy atom. The second-order valence-corrected chi connectivity index (χ2v) is 8.65. The van der Waals surface area contributed by atoms with Crippen molar-refractivity contribution in [2.45, 2.75) is 38.1 Å². The number of amides is 2. The maximum atomic E-state index is 12.5. The number of likely N-dealkylation sites (tertiary alicyclic amines) is 1. The normalized spacial score (nSPS) is 15.5. The van der Waals surface area contributed by atoms with Gasteiger partial charge in [0, 0.05) is 43.9 Å². The Labute approximate surface area is 192 Å². The minimum absolute atomic E-state index is 0.0249. The predicted molar refractivity (Wildman–Crippen MR) is 125 cm³/mol. The van der Waals surface area contributed by atoms with Gasteiger partial charge in [0.15, 0.2) is 5.96 Å². The molecule has 3 rings (SSSR count). The Bertz CT molecular complexity index is 947. The van der Waals surface area contributed by atoms with Crippen molar-refractivity contribution in [1.82, 2.24) is 20.0 Å². The molecule has 0 radical (unpaired) electrons. The van der Waals surface area contributed by atoms with Gasteiger partial charge in [-0.15, -0.1) is 0 Å². The van der Waals surface area contributed by atoms with Gasteiger partial charge in [-0.25, -0.2) is 4.79 Å². The molecule has 31 heavy (non-hydrogen) atoms. The van der Waals surface area contributed by atoms with E-state index >= 15 is 0 Å². The van der Waals surface area contributed by atoms with Gasteiger partial charge in [-0.2, -0.15) is 5.10 Å². The summed E-state index contributed by atoms with van der Waals surface area (Å²) in [5.41, 5.74) is 13.5. The fourth-order valence-electron chi connectivity index (χ4n) is 3.89. The number of hydrogen-bond donors (Lipinski definition) is 3. The number of nitrogens with zero attached hydrogens (tertiary/aromatic N) is 4. The van der Waals surface area contributed by atoms with Gasteiger partial charge in [0.05, 0.1) is 21.8 Å². The van der Waals surface area contributed by atoms with Crippen LogP contribution in [0.1, 0.15) is 37.8 Å². The number of nitrogens with two attached hydrogens (primary N) is 2. The van der Waals surface area contributed by atoms with Gasteiger partial charge in [-0.05, 0) is 38.3 Å². The van der Waals surface area contributed by atoms with E-state index in [1.165, 1.54) is 0 Å². The number of nitrogens with one attached hydrogen (secondary N) is 1. The second kappa shape index (κ2) is 10.2. The summed E-state index contributed by atoms with van der Waals surface area (Å²) in [6.07, 6.45) is 2.43. The van der Waals surface area contributed by atoms with Crippen LogP contribution in [0.3, 0.4) is 0 Å². The van der Waals surface area contributed by atoms with Gasteiger partial charge in [0.2, 0.25) is 0 Å². The first-order valence-corrected chi connectivity index (χ1v) is 11.1. The molecule has 1 saturated heterocycles. The van der Waals surface area contributed by atoms with Crippen LogP contribution >= 0.6 is 23.2 Å². The van der Waals surface area contributed by atoms with Crippen LogP contribution in [0.2, 0.25) is 10.0 Å². The van der Waals surface area contributed by atoms with E-state index in [1.807, 2.05) is 35.7 Å². The lowest BCUT2D eigenvalue weighted by molar-refractivity contribution is 0.180. The monoisotopic (exact) mass is 465 g/mol. The first kappa shape index (κ1) is 23.2. The number of carbonyl (C=O) groups excluding carboxylic acids is 1. The van der Waals surface area contributed by atoms with E-state index < -0.39 is 0 Å². The number of aliphatic imine (C=N–C) groups is 1. The number of halogens is 2. The highest BCUT2D eigenvalue weighted by Crippen LogP contribution is 2.35. The number of aromatic nitrogens is 2. The maximum absolute atomic E-state index is 12.5. The Balaban J connectivity index is 1.55. The van der Waals surface area contributed by atoms with Crippen molar-refractivity contribution in [2.75, 3.05) is 19.6 Å². The van der Waals surface area contributed by atoms with Crippen LogP contribution in [0, 0.1) is 0 Å². The summed E-state index contributed by atoms with van der Waals surface area (Å²) < 4.78 is 1.90. The third-order valence-electron chi connectivity index (χ3n) is 5.55. The molecule has 0 spiro atoms. The number of rotatable bonds is 6. The van der Waals surface area contributed by atoms with Crippen LogP contribution in [0.4, 0.5) is 4.79 Å². The van der Waals surface area contributed by atoms with Gasteiger partial charge < -0.3 is 21.7 Å². The van der Waals surface area contributed by atoms with Crippen LogP contribution in [0.5, 0.6) is 0 Å². The maximum Gasteiger partial charge on any atom is 0.317 e. The highest BCUT2D eigenvalue weighted by atomic mass is 35.5. The molecule has 1 fully saturated rings. The molecule has 8 nitrogen and oxygen atoms in total.